The van der Waals surface area contributed by atoms with Crippen molar-refractivity contribution in [3.05, 3.63) is 53.3 Å². The molecule has 0 radical (unpaired) electrons. The van der Waals surface area contributed by atoms with Crippen LogP contribution >= 0.6 is 0 Å². The quantitative estimate of drug-likeness (QED) is 0.891. The summed E-state index contributed by atoms with van der Waals surface area (Å²) in [6, 6.07) is 9.71. The SMILES string of the molecule is COc1ccc(OC)c([C@H]2CCN(C(=O)Cc3ccc(O)c(F)c3)C2)c1. The van der Waals surface area contributed by atoms with Gasteiger partial charge in [0.05, 0.1) is 20.6 Å². The summed E-state index contributed by atoms with van der Waals surface area (Å²) in [6.07, 6.45) is 0.943. The average molecular weight is 359 g/mol. The Morgan fingerprint density at radius 1 is 1.23 bits per heavy atom. The second kappa shape index (κ2) is 7.64. The molecule has 1 atom stereocenters. The molecule has 0 saturated carbocycles. The summed E-state index contributed by atoms with van der Waals surface area (Å²) in [4.78, 5) is 14.3. The van der Waals surface area contributed by atoms with Gasteiger partial charge >= 0.3 is 0 Å². The van der Waals surface area contributed by atoms with Crippen molar-refractivity contribution in [1.29, 1.82) is 0 Å². The number of carbonyl (C=O) groups is 1. The van der Waals surface area contributed by atoms with Crippen molar-refractivity contribution in [2.75, 3.05) is 27.3 Å². The third-order valence-electron chi connectivity index (χ3n) is 4.79. The minimum absolute atomic E-state index is 0.0561. The number of likely N-dealkylation sites (tertiary alicyclic amines) is 1. The smallest absolute Gasteiger partial charge is 0.227 e. The Kier molecular flexibility index (Phi) is 5.30. The molecule has 0 aromatic heterocycles. The number of benzene rings is 2. The van der Waals surface area contributed by atoms with Gasteiger partial charge in [-0.1, -0.05) is 6.07 Å². The van der Waals surface area contributed by atoms with Crippen molar-refractivity contribution in [2.45, 2.75) is 18.8 Å². The number of aromatic hydroxyl groups is 1. The highest BCUT2D eigenvalue weighted by Gasteiger charge is 2.29. The first-order valence-corrected chi connectivity index (χ1v) is 8.49. The molecule has 0 aliphatic carbocycles. The van der Waals surface area contributed by atoms with Gasteiger partial charge in [0.2, 0.25) is 5.91 Å². The molecule has 1 aliphatic rings. The number of halogens is 1. The number of phenolic OH excluding ortho intramolecular Hbond substituents is 1. The highest BCUT2D eigenvalue weighted by molar-refractivity contribution is 5.79. The van der Waals surface area contributed by atoms with Crippen LogP contribution in [0.1, 0.15) is 23.5 Å². The molecule has 1 heterocycles. The van der Waals surface area contributed by atoms with Crippen LogP contribution in [0.15, 0.2) is 36.4 Å². The predicted octanol–water partition coefficient (Wildman–Crippen LogP) is 3.11. The van der Waals surface area contributed by atoms with E-state index in [1.807, 2.05) is 18.2 Å². The number of phenols is 1. The summed E-state index contributed by atoms with van der Waals surface area (Å²) < 4.78 is 24.2. The molecule has 1 amide bonds. The molecule has 26 heavy (non-hydrogen) atoms. The fourth-order valence-electron chi connectivity index (χ4n) is 3.35. The van der Waals surface area contributed by atoms with E-state index in [0.29, 0.717) is 18.7 Å². The fourth-order valence-corrected chi connectivity index (χ4v) is 3.35. The van der Waals surface area contributed by atoms with Crippen molar-refractivity contribution in [3.63, 3.8) is 0 Å². The summed E-state index contributed by atoms with van der Waals surface area (Å²) >= 11 is 0. The third kappa shape index (κ3) is 3.74. The minimum Gasteiger partial charge on any atom is -0.505 e. The summed E-state index contributed by atoms with van der Waals surface area (Å²) in [5.74, 6) is 0.527. The molecule has 0 spiro atoms. The lowest BCUT2D eigenvalue weighted by atomic mass is 9.97. The van der Waals surface area contributed by atoms with Gasteiger partial charge in [0.1, 0.15) is 11.5 Å². The minimum atomic E-state index is -0.712. The lowest BCUT2D eigenvalue weighted by molar-refractivity contribution is -0.129. The summed E-state index contributed by atoms with van der Waals surface area (Å²) in [5.41, 5.74) is 1.57. The van der Waals surface area contributed by atoms with Crippen molar-refractivity contribution in [1.82, 2.24) is 4.90 Å². The first-order valence-electron chi connectivity index (χ1n) is 8.49. The normalized spacial score (nSPS) is 16.6. The summed E-state index contributed by atoms with van der Waals surface area (Å²) in [5, 5.41) is 9.25. The zero-order chi connectivity index (χ0) is 18.7. The van der Waals surface area contributed by atoms with Crippen LogP contribution in [0.2, 0.25) is 0 Å². The molecular formula is C20H22FNO4. The van der Waals surface area contributed by atoms with E-state index in [1.54, 1.807) is 25.2 Å². The number of rotatable bonds is 5. The van der Waals surface area contributed by atoms with E-state index in [9.17, 15) is 14.3 Å². The number of carbonyl (C=O) groups excluding carboxylic acids is 1. The molecule has 138 valence electrons. The van der Waals surface area contributed by atoms with Crippen LogP contribution in [0.25, 0.3) is 0 Å². The number of amides is 1. The molecule has 1 N–H and O–H groups in total. The zero-order valence-electron chi connectivity index (χ0n) is 14.9. The first-order chi connectivity index (χ1) is 12.5. The number of methoxy groups -OCH3 is 2. The molecule has 6 heteroatoms. The van der Waals surface area contributed by atoms with Crippen LogP contribution in [-0.2, 0) is 11.2 Å². The molecular weight excluding hydrogens is 337 g/mol. The number of hydrogen-bond acceptors (Lipinski definition) is 4. The van der Waals surface area contributed by atoms with Crippen LogP contribution in [0.3, 0.4) is 0 Å². The topological polar surface area (TPSA) is 59.0 Å². The molecule has 2 aromatic rings. The Balaban J connectivity index is 1.70. The maximum Gasteiger partial charge on any atom is 0.227 e. The lowest BCUT2D eigenvalue weighted by Crippen LogP contribution is -2.29. The highest BCUT2D eigenvalue weighted by atomic mass is 19.1. The largest absolute Gasteiger partial charge is 0.505 e. The lowest BCUT2D eigenvalue weighted by Gasteiger charge is -2.18. The Bertz CT molecular complexity index is 808. The fraction of sp³-hybridized carbons (Fsp3) is 0.350. The van der Waals surface area contributed by atoms with E-state index < -0.39 is 11.6 Å². The number of nitrogens with zero attached hydrogens (tertiary/aromatic N) is 1. The molecule has 0 unspecified atom stereocenters. The standard InChI is InChI=1S/C20H22FNO4/c1-25-15-4-6-19(26-2)16(11-15)14-7-8-22(12-14)20(24)10-13-3-5-18(23)17(21)9-13/h3-6,9,11,14,23H,7-8,10,12H2,1-2H3/t14-/m0/s1. The van der Waals surface area contributed by atoms with Crippen LogP contribution in [-0.4, -0.2) is 43.2 Å². The summed E-state index contributed by atoms with van der Waals surface area (Å²) in [6.45, 7) is 1.23. The number of hydrogen-bond donors (Lipinski definition) is 1. The van der Waals surface area contributed by atoms with Crippen LogP contribution < -0.4 is 9.47 Å². The van der Waals surface area contributed by atoms with Gasteiger partial charge in [0, 0.05) is 24.6 Å². The van der Waals surface area contributed by atoms with Crippen LogP contribution in [0.5, 0.6) is 17.2 Å². The Hall–Kier alpha value is -2.76. The average Bonchev–Trinajstić information content (AvgIpc) is 3.14. The van der Waals surface area contributed by atoms with Crippen LogP contribution in [0.4, 0.5) is 4.39 Å². The first kappa shape index (κ1) is 18.0. The second-order valence-corrected chi connectivity index (χ2v) is 6.40. The van der Waals surface area contributed by atoms with Gasteiger partial charge in [-0.25, -0.2) is 4.39 Å². The third-order valence-corrected chi connectivity index (χ3v) is 4.79. The van der Waals surface area contributed by atoms with Gasteiger partial charge in [0.25, 0.3) is 0 Å². The molecule has 3 rings (SSSR count). The van der Waals surface area contributed by atoms with Gasteiger partial charge in [-0.05, 0) is 42.3 Å². The van der Waals surface area contributed by atoms with Crippen molar-refractivity contribution in [3.8, 4) is 17.2 Å². The highest BCUT2D eigenvalue weighted by Crippen LogP contribution is 2.36. The van der Waals surface area contributed by atoms with E-state index in [2.05, 4.69) is 0 Å². The molecule has 1 saturated heterocycles. The van der Waals surface area contributed by atoms with E-state index in [0.717, 1.165) is 23.5 Å². The van der Waals surface area contributed by atoms with Gasteiger partial charge in [-0.2, -0.15) is 0 Å². The Labute approximate surface area is 152 Å². The van der Waals surface area contributed by atoms with Gasteiger partial charge in [0.15, 0.2) is 11.6 Å². The number of ether oxygens (including phenoxy) is 2. The van der Waals surface area contributed by atoms with Crippen molar-refractivity contribution in [2.24, 2.45) is 0 Å². The summed E-state index contributed by atoms with van der Waals surface area (Å²) in [7, 11) is 3.25. The molecule has 0 bridgehead atoms. The van der Waals surface area contributed by atoms with Gasteiger partial charge in [-0.3, -0.25) is 4.79 Å². The maximum absolute atomic E-state index is 13.4. The molecule has 1 aliphatic heterocycles. The second-order valence-electron chi connectivity index (χ2n) is 6.40. The zero-order valence-corrected chi connectivity index (χ0v) is 14.9. The van der Waals surface area contributed by atoms with E-state index >= 15 is 0 Å². The Morgan fingerprint density at radius 2 is 2.04 bits per heavy atom. The monoisotopic (exact) mass is 359 g/mol. The molecule has 1 fully saturated rings. The maximum atomic E-state index is 13.4. The van der Waals surface area contributed by atoms with E-state index in [1.165, 1.54) is 12.1 Å². The van der Waals surface area contributed by atoms with E-state index in [-0.39, 0.29) is 18.2 Å². The Morgan fingerprint density at radius 3 is 2.73 bits per heavy atom. The molecule has 2 aromatic carbocycles. The van der Waals surface area contributed by atoms with Crippen LogP contribution in [0, 0.1) is 5.82 Å². The van der Waals surface area contributed by atoms with Gasteiger partial charge < -0.3 is 19.5 Å². The van der Waals surface area contributed by atoms with E-state index in [4.69, 9.17) is 9.47 Å². The van der Waals surface area contributed by atoms with Gasteiger partial charge in [-0.15, -0.1) is 0 Å². The van der Waals surface area contributed by atoms with Crippen molar-refractivity contribution < 1.29 is 23.8 Å². The molecule has 5 nitrogen and oxygen atoms in total. The van der Waals surface area contributed by atoms with Crippen molar-refractivity contribution >= 4 is 5.91 Å². The predicted molar refractivity (Wildman–Crippen MR) is 95.3 cm³/mol.